The summed E-state index contributed by atoms with van der Waals surface area (Å²) in [4.78, 5) is 19.4. The van der Waals surface area contributed by atoms with Crippen molar-refractivity contribution in [1.29, 1.82) is 0 Å². The van der Waals surface area contributed by atoms with E-state index < -0.39 is 0 Å². The van der Waals surface area contributed by atoms with Crippen molar-refractivity contribution in [2.45, 2.75) is 24.8 Å². The van der Waals surface area contributed by atoms with E-state index in [-0.39, 0.29) is 5.56 Å². The first-order valence-corrected chi connectivity index (χ1v) is 10.7. The zero-order chi connectivity index (χ0) is 18.4. The number of benzene rings is 1. The SMILES string of the molecule is Cc1sc2nc(SCc3cc4c(cc3Br)OCCO4)n(C)c(=O)c2c1C. The summed E-state index contributed by atoms with van der Waals surface area (Å²) in [7, 11) is 1.78. The molecular weight excluding hydrogens is 436 g/mol. The van der Waals surface area contributed by atoms with E-state index in [1.807, 2.05) is 26.0 Å². The van der Waals surface area contributed by atoms with Gasteiger partial charge in [-0.05, 0) is 37.1 Å². The van der Waals surface area contributed by atoms with E-state index in [0.717, 1.165) is 42.2 Å². The third-order valence-corrected chi connectivity index (χ3v) is 7.36. The smallest absolute Gasteiger partial charge is 0.262 e. The second-order valence-corrected chi connectivity index (χ2v) is 9.10. The molecule has 0 saturated carbocycles. The van der Waals surface area contributed by atoms with Crippen LogP contribution in [0.5, 0.6) is 11.5 Å². The molecule has 0 amide bonds. The number of hydrogen-bond donors (Lipinski definition) is 0. The van der Waals surface area contributed by atoms with Gasteiger partial charge in [-0.1, -0.05) is 27.7 Å². The first kappa shape index (κ1) is 17.9. The molecule has 0 bridgehead atoms. The van der Waals surface area contributed by atoms with Crippen molar-refractivity contribution in [3.63, 3.8) is 0 Å². The molecule has 26 heavy (non-hydrogen) atoms. The molecular formula is C18H17BrN2O3S2. The molecule has 0 spiro atoms. The highest BCUT2D eigenvalue weighted by atomic mass is 79.9. The van der Waals surface area contributed by atoms with Gasteiger partial charge in [-0.25, -0.2) is 4.98 Å². The molecule has 0 aliphatic carbocycles. The van der Waals surface area contributed by atoms with Gasteiger partial charge in [0.25, 0.3) is 5.56 Å². The minimum absolute atomic E-state index is 0.0144. The van der Waals surface area contributed by atoms with Crippen LogP contribution in [0.15, 0.2) is 26.6 Å². The monoisotopic (exact) mass is 452 g/mol. The number of nitrogens with zero attached hydrogens (tertiary/aromatic N) is 2. The highest BCUT2D eigenvalue weighted by molar-refractivity contribution is 9.10. The molecule has 0 saturated heterocycles. The number of thioether (sulfide) groups is 1. The van der Waals surface area contributed by atoms with Gasteiger partial charge >= 0.3 is 0 Å². The van der Waals surface area contributed by atoms with Gasteiger partial charge < -0.3 is 9.47 Å². The lowest BCUT2D eigenvalue weighted by atomic mass is 10.2. The topological polar surface area (TPSA) is 53.4 Å². The van der Waals surface area contributed by atoms with Crippen LogP contribution < -0.4 is 15.0 Å². The fraction of sp³-hybridized carbons (Fsp3) is 0.333. The predicted octanol–water partition coefficient (Wildman–Crippen LogP) is 4.44. The van der Waals surface area contributed by atoms with Crippen LogP contribution in [0.1, 0.15) is 16.0 Å². The number of halogens is 1. The van der Waals surface area contributed by atoms with Crippen LogP contribution in [0, 0.1) is 13.8 Å². The zero-order valence-corrected chi connectivity index (χ0v) is 17.8. The number of fused-ring (bicyclic) bond motifs is 2. The van der Waals surface area contributed by atoms with E-state index in [2.05, 4.69) is 15.9 Å². The molecule has 0 N–H and O–H groups in total. The number of rotatable bonds is 3. The second-order valence-electron chi connectivity index (χ2n) is 6.10. The van der Waals surface area contributed by atoms with Crippen LogP contribution in [-0.4, -0.2) is 22.8 Å². The average molecular weight is 453 g/mol. The van der Waals surface area contributed by atoms with E-state index in [0.29, 0.717) is 24.1 Å². The second kappa shape index (κ2) is 6.90. The minimum atomic E-state index is 0.0144. The summed E-state index contributed by atoms with van der Waals surface area (Å²) < 4.78 is 13.9. The molecule has 0 unspecified atom stereocenters. The lowest BCUT2D eigenvalue weighted by Crippen LogP contribution is -2.19. The number of ether oxygens (including phenoxy) is 2. The van der Waals surface area contributed by atoms with Crippen LogP contribution in [0.25, 0.3) is 10.2 Å². The maximum atomic E-state index is 12.7. The predicted molar refractivity (Wildman–Crippen MR) is 109 cm³/mol. The molecule has 1 aliphatic rings. The summed E-state index contributed by atoms with van der Waals surface area (Å²) in [6.45, 7) is 5.14. The maximum absolute atomic E-state index is 12.7. The van der Waals surface area contributed by atoms with Crippen LogP contribution in [0.4, 0.5) is 0 Å². The molecule has 1 aromatic carbocycles. The number of thiophene rings is 1. The normalized spacial score (nSPS) is 13.4. The highest BCUT2D eigenvalue weighted by Gasteiger charge is 2.17. The van der Waals surface area contributed by atoms with E-state index in [9.17, 15) is 4.79 Å². The van der Waals surface area contributed by atoms with Gasteiger partial charge in [0.15, 0.2) is 16.7 Å². The van der Waals surface area contributed by atoms with E-state index in [4.69, 9.17) is 14.5 Å². The van der Waals surface area contributed by atoms with E-state index >= 15 is 0 Å². The summed E-state index contributed by atoms with van der Waals surface area (Å²) in [6, 6.07) is 3.92. The van der Waals surface area contributed by atoms with Crippen molar-refractivity contribution in [3.8, 4) is 11.5 Å². The molecule has 0 fully saturated rings. The summed E-state index contributed by atoms with van der Waals surface area (Å²) in [5.41, 5.74) is 2.12. The standard InChI is InChI=1S/C18H17BrN2O3S2/c1-9-10(2)26-16-15(9)17(22)21(3)18(20-16)25-8-11-6-13-14(7-12(11)19)24-5-4-23-13/h6-7H,4-5,8H2,1-3H3. The Morgan fingerprint density at radius 3 is 2.69 bits per heavy atom. The minimum Gasteiger partial charge on any atom is -0.486 e. The lowest BCUT2D eigenvalue weighted by Gasteiger charge is -2.20. The molecule has 2 aromatic heterocycles. The lowest BCUT2D eigenvalue weighted by molar-refractivity contribution is 0.171. The number of aryl methyl sites for hydroxylation is 2. The Morgan fingerprint density at radius 2 is 1.96 bits per heavy atom. The summed E-state index contributed by atoms with van der Waals surface area (Å²) >= 11 is 6.72. The highest BCUT2D eigenvalue weighted by Crippen LogP contribution is 2.38. The Bertz CT molecular complexity index is 1070. The molecule has 0 radical (unpaired) electrons. The third kappa shape index (κ3) is 3.04. The van der Waals surface area contributed by atoms with E-state index in [1.165, 1.54) is 0 Å². The molecule has 3 aromatic rings. The first-order valence-electron chi connectivity index (χ1n) is 8.13. The fourth-order valence-electron chi connectivity index (χ4n) is 2.84. The first-order chi connectivity index (χ1) is 12.5. The summed E-state index contributed by atoms with van der Waals surface area (Å²) in [5, 5.41) is 1.45. The zero-order valence-electron chi connectivity index (χ0n) is 14.6. The van der Waals surface area contributed by atoms with Gasteiger partial charge in [-0.3, -0.25) is 9.36 Å². The van der Waals surface area contributed by atoms with Crippen molar-refractivity contribution < 1.29 is 9.47 Å². The molecule has 8 heteroatoms. The van der Waals surface area contributed by atoms with Crippen molar-refractivity contribution in [2.75, 3.05) is 13.2 Å². The Labute approximate surface area is 167 Å². The Morgan fingerprint density at radius 1 is 1.27 bits per heavy atom. The van der Waals surface area contributed by atoms with Crippen LogP contribution >= 0.6 is 39.0 Å². The van der Waals surface area contributed by atoms with Gasteiger partial charge in [0, 0.05) is 22.2 Å². The maximum Gasteiger partial charge on any atom is 0.262 e. The molecule has 1 aliphatic heterocycles. The van der Waals surface area contributed by atoms with E-state index in [1.54, 1.807) is 34.7 Å². The van der Waals surface area contributed by atoms with Gasteiger partial charge in [0.1, 0.15) is 18.0 Å². The Balaban J connectivity index is 1.66. The van der Waals surface area contributed by atoms with Gasteiger partial charge in [-0.15, -0.1) is 11.3 Å². The molecule has 136 valence electrons. The summed E-state index contributed by atoms with van der Waals surface area (Å²) in [6.07, 6.45) is 0. The fourth-order valence-corrected chi connectivity index (χ4v) is 5.53. The third-order valence-electron chi connectivity index (χ3n) is 4.44. The molecule has 3 heterocycles. The molecule has 5 nitrogen and oxygen atoms in total. The van der Waals surface area contributed by atoms with Crippen LogP contribution in [-0.2, 0) is 12.8 Å². The van der Waals surface area contributed by atoms with Crippen molar-refractivity contribution in [3.05, 3.63) is 43.0 Å². The summed E-state index contributed by atoms with van der Waals surface area (Å²) in [5.74, 6) is 2.19. The van der Waals surface area contributed by atoms with Crippen molar-refractivity contribution in [2.24, 2.45) is 7.05 Å². The Kier molecular flexibility index (Phi) is 4.75. The average Bonchev–Trinajstić information content (AvgIpc) is 2.91. The van der Waals surface area contributed by atoms with Gasteiger partial charge in [0.2, 0.25) is 0 Å². The van der Waals surface area contributed by atoms with Gasteiger partial charge in [-0.2, -0.15) is 0 Å². The number of aromatic nitrogens is 2. The van der Waals surface area contributed by atoms with Crippen LogP contribution in [0.2, 0.25) is 0 Å². The van der Waals surface area contributed by atoms with Crippen molar-refractivity contribution in [1.82, 2.24) is 9.55 Å². The van der Waals surface area contributed by atoms with Crippen LogP contribution in [0.3, 0.4) is 0 Å². The largest absolute Gasteiger partial charge is 0.486 e. The molecule has 0 atom stereocenters. The van der Waals surface area contributed by atoms with Crippen molar-refractivity contribution >= 4 is 49.2 Å². The number of hydrogen-bond acceptors (Lipinski definition) is 6. The van der Waals surface area contributed by atoms with Gasteiger partial charge in [0.05, 0.1) is 5.39 Å². The molecule has 4 rings (SSSR count). The Hall–Kier alpha value is -1.51. The quantitative estimate of drug-likeness (QED) is 0.434.